The van der Waals surface area contributed by atoms with Crippen molar-refractivity contribution in [2.45, 2.75) is 0 Å². The van der Waals surface area contributed by atoms with Crippen LogP contribution in [0.5, 0.6) is 0 Å². The molecule has 0 amide bonds. The van der Waals surface area contributed by atoms with Crippen LogP contribution in [0.25, 0.3) is 0 Å². The van der Waals surface area contributed by atoms with Gasteiger partial charge in [-0.1, -0.05) is 36.4 Å². The highest BCUT2D eigenvalue weighted by atomic mass is 16.6. The van der Waals surface area contributed by atoms with Crippen LogP contribution in [-0.4, -0.2) is 14.8 Å². The molecule has 153 valence electrons. The molecule has 0 unspecified atom stereocenters. The average molecular weight is 419 g/mol. The van der Waals surface area contributed by atoms with Crippen LogP contribution >= 0.6 is 0 Å². The zero-order valence-electron chi connectivity index (χ0n) is 15.5. The average Bonchev–Trinajstić information content (AvgIpc) is 2.77. The van der Waals surface area contributed by atoms with Crippen molar-refractivity contribution in [1.82, 2.24) is 5.43 Å². The summed E-state index contributed by atoms with van der Waals surface area (Å²) in [5, 5.41) is 45.2. The number of nitro benzene ring substituents is 3. The summed E-state index contributed by atoms with van der Waals surface area (Å²) >= 11 is 0. The number of nitrogens with zero attached hydrogens (tertiary/aromatic N) is 6. The normalized spacial score (nSPS) is 10.0. The van der Waals surface area contributed by atoms with Crippen molar-refractivity contribution in [2.24, 2.45) is 0 Å². The SMILES string of the molecule is N#Cc1c([N+](=O)[O-])cc([N+](=O)[O-])c([N]N(c2ccccc2)c2ccccc2)c1[N+](=O)[O-]. The Kier molecular flexibility index (Phi) is 5.69. The van der Waals surface area contributed by atoms with E-state index in [2.05, 4.69) is 5.43 Å². The van der Waals surface area contributed by atoms with E-state index in [9.17, 15) is 35.6 Å². The van der Waals surface area contributed by atoms with Gasteiger partial charge in [-0.2, -0.15) is 10.7 Å². The highest BCUT2D eigenvalue weighted by molar-refractivity contribution is 5.82. The van der Waals surface area contributed by atoms with Gasteiger partial charge in [-0.3, -0.25) is 30.3 Å². The second-order valence-electron chi connectivity index (χ2n) is 5.95. The lowest BCUT2D eigenvalue weighted by atomic mass is 10.1. The molecule has 0 aliphatic heterocycles. The molecule has 0 aliphatic rings. The zero-order valence-corrected chi connectivity index (χ0v) is 15.5. The number of nitriles is 1. The van der Waals surface area contributed by atoms with Gasteiger partial charge in [0.2, 0.25) is 11.3 Å². The van der Waals surface area contributed by atoms with Crippen LogP contribution in [-0.2, 0) is 0 Å². The Morgan fingerprint density at radius 2 is 1.26 bits per heavy atom. The van der Waals surface area contributed by atoms with Gasteiger partial charge >= 0.3 is 17.1 Å². The highest BCUT2D eigenvalue weighted by Crippen LogP contribution is 2.43. The second-order valence-corrected chi connectivity index (χ2v) is 5.95. The quantitative estimate of drug-likeness (QED) is 0.403. The first-order chi connectivity index (χ1) is 14.8. The van der Waals surface area contributed by atoms with E-state index in [-0.39, 0.29) is 0 Å². The maximum Gasteiger partial charge on any atom is 0.328 e. The lowest BCUT2D eigenvalue weighted by molar-refractivity contribution is -0.402. The topological polar surface area (TPSA) is 171 Å². The predicted molar refractivity (Wildman–Crippen MR) is 108 cm³/mol. The summed E-state index contributed by atoms with van der Waals surface area (Å²) in [6.07, 6.45) is 0. The van der Waals surface area contributed by atoms with Crippen molar-refractivity contribution in [3.05, 3.63) is 103 Å². The van der Waals surface area contributed by atoms with Gasteiger partial charge in [0.15, 0.2) is 0 Å². The Labute approximate surface area is 174 Å². The van der Waals surface area contributed by atoms with Crippen LogP contribution in [0.2, 0.25) is 0 Å². The van der Waals surface area contributed by atoms with Crippen LogP contribution in [0.3, 0.4) is 0 Å². The van der Waals surface area contributed by atoms with Gasteiger partial charge in [0.1, 0.15) is 6.07 Å². The van der Waals surface area contributed by atoms with E-state index in [1.165, 1.54) is 11.1 Å². The maximum atomic E-state index is 11.7. The summed E-state index contributed by atoms with van der Waals surface area (Å²) in [6, 6.07) is 18.5. The Morgan fingerprint density at radius 1 is 0.774 bits per heavy atom. The van der Waals surface area contributed by atoms with E-state index < -0.39 is 43.1 Å². The van der Waals surface area contributed by atoms with Gasteiger partial charge in [-0.05, 0) is 24.3 Å². The van der Waals surface area contributed by atoms with Gasteiger partial charge < -0.3 is 0 Å². The predicted octanol–water partition coefficient (Wildman–Crippen LogP) is 4.27. The largest absolute Gasteiger partial charge is 0.328 e. The van der Waals surface area contributed by atoms with Crippen LogP contribution in [0.15, 0.2) is 66.7 Å². The van der Waals surface area contributed by atoms with E-state index in [1.807, 2.05) is 0 Å². The summed E-state index contributed by atoms with van der Waals surface area (Å²) < 4.78 is 0. The van der Waals surface area contributed by atoms with Crippen LogP contribution in [0.4, 0.5) is 34.1 Å². The molecule has 12 nitrogen and oxygen atoms in total. The van der Waals surface area contributed by atoms with E-state index in [1.54, 1.807) is 60.7 Å². The van der Waals surface area contributed by atoms with Crippen molar-refractivity contribution in [3.63, 3.8) is 0 Å². The Bertz CT molecular complexity index is 1170. The van der Waals surface area contributed by atoms with Gasteiger partial charge in [-0.25, -0.2) is 5.01 Å². The van der Waals surface area contributed by atoms with E-state index in [4.69, 9.17) is 0 Å². The second kappa shape index (κ2) is 8.53. The molecule has 0 spiro atoms. The number of nitro groups is 3. The molecule has 0 bridgehead atoms. The van der Waals surface area contributed by atoms with Crippen LogP contribution in [0.1, 0.15) is 5.56 Å². The number of benzene rings is 3. The minimum absolute atomic E-state index is 0.411. The van der Waals surface area contributed by atoms with Crippen molar-refractivity contribution < 1.29 is 14.8 Å². The van der Waals surface area contributed by atoms with Crippen LogP contribution < -0.4 is 10.4 Å². The molecule has 0 heterocycles. The molecule has 0 saturated carbocycles. The third-order valence-corrected chi connectivity index (χ3v) is 4.12. The minimum atomic E-state index is -1.12. The lowest BCUT2D eigenvalue weighted by Crippen LogP contribution is -2.25. The summed E-state index contributed by atoms with van der Waals surface area (Å²) in [4.78, 5) is 31.4. The van der Waals surface area contributed by atoms with Crippen molar-refractivity contribution in [1.29, 1.82) is 5.26 Å². The standard InChI is InChI=1S/C19H11N6O6/c20-12-15-16(23(26)27)11-17(24(28)29)18(19(15)25(30)31)21-22(13-7-3-1-4-8-13)14-9-5-2-6-10-14/h1-11H. The Morgan fingerprint density at radius 3 is 1.65 bits per heavy atom. The maximum absolute atomic E-state index is 11.7. The van der Waals surface area contributed by atoms with Crippen molar-refractivity contribution in [3.8, 4) is 6.07 Å². The third-order valence-electron chi connectivity index (χ3n) is 4.12. The molecule has 3 aromatic carbocycles. The first kappa shape index (κ1) is 20.7. The number of para-hydroxylation sites is 2. The molecule has 3 aromatic rings. The zero-order chi connectivity index (χ0) is 22.5. The van der Waals surface area contributed by atoms with Gasteiger partial charge in [0, 0.05) is 0 Å². The molecule has 0 atom stereocenters. The number of rotatable bonds is 7. The number of hydrogen-bond acceptors (Lipinski definition) is 8. The monoisotopic (exact) mass is 419 g/mol. The first-order valence-electron chi connectivity index (χ1n) is 8.51. The van der Waals surface area contributed by atoms with E-state index >= 15 is 0 Å². The molecule has 3 rings (SSSR count). The fourth-order valence-electron chi connectivity index (χ4n) is 2.80. The molecule has 0 aliphatic carbocycles. The molecule has 0 N–H and O–H groups in total. The van der Waals surface area contributed by atoms with E-state index in [0.717, 1.165) is 0 Å². The molecule has 12 heteroatoms. The number of anilines is 2. The first-order valence-corrected chi connectivity index (χ1v) is 8.51. The molecular weight excluding hydrogens is 408 g/mol. The van der Waals surface area contributed by atoms with Crippen molar-refractivity contribution in [2.75, 3.05) is 5.01 Å². The molecule has 0 fully saturated rings. The Balaban J connectivity index is 2.31. The van der Waals surface area contributed by atoms with Crippen molar-refractivity contribution >= 4 is 34.1 Å². The molecule has 31 heavy (non-hydrogen) atoms. The highest BCUT2D eigenvalue weighted by Gasteiger charge is 2.39. The summed E-state index contributed by atoms with van der Waals surface area (Å²) in [7, 11) is 0. The fraction of sp³-hybridized carbons (Fsp3) is 0. The lowest BCUT2D eigenvalue weighted by Gasteiger charge is -2.23. The molecule has 1 radical (unpaired) electrons. The molecule has 0 saturated heterocycles. The van der Waals surface area contributed by atoms with Crippen LogP contribution in [0, 0.1) is 41.7 Å². The van der Waals surface area contributed by atoms with Gasteiger partial charge in [0.25, 0.3) is 0 Å². The van der Waals surface area contributed by atoms with Gasteiger partial charge in [0.05, 0.1) is 32.2 Å². The van der Waals surface area contributed by atoms with E-state index in [0.29, 0.717) is 17.4 Å². The third kappa shape index (κ3) is 4.05. The summed E-state index contributed by atoms with van der Waals surface area (Å²) in [5.74, 6) is 0. The minimum Gasteiger partial charge on any atom is -0.258 e. The number of hydrogen-bond donors (Lipinski definition) is 0. The Hall–Kier alpha value is -5.05. The van der Waals surface area contributed by atoms with Gasteiger partial charge in [-0.15, -0.1) is 0 Å². The summed E-state index contributed by atoms with van der Waals surface area (Å²) in [6.45, 7) is 0. The summed E-state index contributed by atoms with van der Waals surface area (Å²) in [5.41, 5.74) is 0.0795. The fourth-order valence-corrected chi connectivity index (χ4v) is 2.80. The smallest absolute Gasteiger partial charge is 0.258 e. The molecule has 0 aromatic heterocycles. The molecular formula is C19H11N6O6.